The largest absolute Gasteiger partial charge is 0.459 e. The van der Waals surface area contributed by atoms with E-state index in [2.05, 4.69) is 38.1 Å². The predicted molar refractivity (Wildman–Crippen MR) is 106 cm³/mol. The monoisotopic (exact) mass is 377 g/mol. The normalized spacial score (nSPS) is 26.9. The lowest BCUT2D eigenvalue weighted by Gasteiger charge is -2.31. The molecule has 2 rings (SSSR count). The number of benzene rings is 1. The fourth-order valence-corrected chi connectivity index (χ4v) is 3.34. The van der Waals surface area contributed by atoms with Gasteiger partial charge in [0, 0.05) is 13.2 Å². The first-order valence-corrected chi connectivity index (χ1v) is 10.2. The first kappa shape index (κ1) is 21.9. The summed E-state index contributed by atoms with van der Waals surface area (Å²) in [7, 11) is 0. The van der Waals surface area contributed by atoms with Crippen molar-refractivity contribution in [2.24, 2.45) is 11.7 Å². The van der Waals surface area contributed by atoms with Gasteiger partial charge in [0.2, 0.25) is 0 Å². The molecule has 1 saturated heterocycles. The molecule has 2 N–H and O–H groups in total. The Morgan fingerprint density at radius 2 is 1.93 bits per heavy atom. The van der Waals surface area contributed by atoms with Crippen molar-refractivity contribution in [2.45, 2.75) is 77.2 Å². The Balaban J connectivity index is 1.96. The van der Waals surface area contributed by atoms with Crippen LogP contribution in [0.4, 0.5) is 0 Å². The number of aryl methyl sites for hydroxylation is 1. The van der Waals surface area contributed by atoms with Crippen LogP contribution in [0.3, 0.4) is 0 Å². The highest BCUT2D eigenvalue weighted by atomic mass is 16.6. The predicted octanol–water partition coefficient (Wildman–Crippen LogP) is 3.49. The van der Waals surface area contributed by atoms with Gasteiger partial charge < -0.3 is 19.9 Å². The molecule has 0 saturated carbocycles. The maximum Gasteiger partial charge on any atom is 0.323 e. The lowest BCUT2D eigenvalue weighted by atomic mass is 10.0. The van der Waals surface area contributed by atoms with Crippen LogP contribution in [0, 0.1) is 5.92 Å². The first-order valence-electron chi connectivity index (χ1n) is 10.2. The number of carbonyl (C=O) groups excluding carboxylic acids is 1. The minimum Gasteiger partial charge on any atom is -0.459 e. The molecule has 152 valence electrons. The molecule has 5 heteroatoms. The summed E-state index contributed by atoms with van der Waals surface area (Å²) < 4.78 is 17.9. The highest BCUT2D eigenvalue weighted by molar-refractivity contribution is 5.75. The van der Waals surface area contributed by atoms with Crippen LogP contribution in [0.25, 0.3) is 0 Å². The lowest BCUT2D eigenvalue weighted by Crippen LogP contribution is -2.43. The average Bonchev–Trinajstić information content (AvgIpc) is 2.69. The van der Waals surface area contributed by atoms with Crippen molar-refractivity contribution in [1.82, 2.24) is 0 Å². The minimum atomic E-state index is -0.560. The topological polar surface area (TPSA) is 70.8 Å². The van der Waals surface area contributed by atoms with E-state index in [1.54, 1.807) is 0 Å². The van der Waals surface area contributed by atoms with Crippen molar-refractivity contribution in [3.8, 4) is 0 Å². The van der Waals surface area contributed by atoms with E-state index in [1.807, 2.05) is 13.0 Å². The zero-order chi connectivity index (χ0) is 19.6. The van der Waals surface area contributed by atoms with Gasteiger partial charge in [-0.3, -0.25) is 4.79 Å². The molecule has 1 fully saturated rings. The maximum absolute atomic E-state index is 12.1. The molecule has 1 aromatic rings. The van der Waals surface area contributed by atoms with E-state index in [-0.39, 0.29) is 24.3 Å². The molecule has 0 amide bonds. The number of carbonyl (C=O) groups is 1. The van der Waals surface area contributed by atoms with Gasteiger partial charge in [-0.1, -0.05) is 44.2 Å². The van der Waals surface area contributed by atoms with Gasteiger partial charge in [0.15, 0.2) is 0 Å². The van der Waals surface area contributed by atoms with E-state index in [9.17, 15) is 4.79 Å². The number of cyclic esters (lactones) is 1. The summed E-state index contributed by atoms with van der Waals surface area (Å²) in [6.45, 7) is 7.41. The SMILES string of the molecule is CC(C)CO[C@H]1CCC[C@H](N)C(=O)O[C@@H](C)[C@@H]1OCCCc1ccccc1. The molecule has 4 atom stereocenters. The standard InChI is InChI=1S/C22H35NO4/c1-16(2)15-26-20-13-7-12-19(23)22(24)27-17(3)21(20)25-14-8-11-18-9-5-4-6-10-18/h4-6,9-10,16-17,19-21H,7-8,11-15,23H2,1-3H3/t17-,19-,20-,21-/m0/s1. The number of nitrogens with two attached hydrogens (primary N) is 1. The van der Waals surface area contributed by atoms with Crippen LogP contribution in [-0.2, 0) is 25.4 Å². The molecule has 0 aromatic heterocycles. The highest BCUT2D eigenvalue weighted by Crippen LogP contribution is 2.22. The Hall–Kier alpha value is -1.43. The summed E-state index contributed by atoms with van der Waals surface area (Å²) in [5, 5.41) is 0. The molecule has 1 aliphatic rings. The van der Waals surface area contributed by atoms with Crippen LogP contribution in [0.15, 0.2) is 30.3 Å². The Morgan fingerprint density at radius 3 is 2.63 bits per heavy atom. The second-order valence-corrected chi connectivity index (χ2v) is 7.87. The summed E-state index contributed by atoms with van der Waals surface area (Å²) in [5.41, 5.74) is 7.22. The molecule has 0 unspecified atom stereocenters. The molecule has 1 heterocycles. The molecule has 0 radical (unpaired) electrons. The molecule has 0 bridgehead atoms. The Labute approximate surface area is 163 Å². The molecule has 1 aliphatic heterocycles. The van der Waals surface area contributed by atoms with Gasteiger partial charge in [-0.15, -0.1) is 0 Å². The third-order valence-electron chi connectivity index (χ3n) is 4.84. The van der Waals surface area contributed by atoms with E-state index < -0.39 is 6.04 Å². The van der Waals surface area contributed by atoms with Gasteiger partial charge in [0.25, 0.3) is 0 Å². The van der Waals surface area contributed by atoms with Gasteiger partial charge in [-0.25, -0.2) is 0 Å². The lowest BCUT2D eigenvalue weighted by molar-refractivity contribution is -0.168. The van der Waals surface area contributed by atoms with Crippen LogP contribution in [-0.4, -0.2) is 43.5 Å². The second-order valence-electron chi connectivity index (χ2n) is 7.87. The summed E-state index contributed by atoms with van der Waals surface area (Å²) >= 11 is 0. The van der Waals surface area contributed by atoms with E-state index in [4.69, 9.17) is 19.9 Å². The number of hydrogen-bond acceptors (Lipinski definition) is 5. The quantitative estimate of drug-likeness (QED) is 0.555. The van der Waals surface area contributed by atoms with Crippen molar-refractivity contribution in [2.75, 3.05) is 13.2 Å². The first-order chi connectivity index (χ1) is 13.0. The Kier molecular flexibility index (Phi) is 9.25. The summed E-state index contributed by atoms with van der Waals surface area (Å²) in [5.74, 6) is 0.0985. The van der Waals surface area contributed by atoms with E-state index in [0.29, 0.717) is 25.6 Å². The Bertz CT molecular complexity index is 549. The maximum atomic E-state index is 12.1. The third-order valence-corrected chi connectivity index (χ3v) is 4.84. The zero-order valence-corrected chi connectivity index (χ0v) is 16.9. The summed E-state index contributed by atoms with van der Waals surface area (Å²) in [6.07, 6.45) is 3.41. The molecular weight excluding hydrogens is 342 g/mol. The molecule has 27 heavy (non-hydrogen) atoms. The van der Waals surface area contributed by atoms with Crippen LogP contribution in [0.5, 0.6) is 0 Å². The van der Waals surface area contributed by atoms with Crippen LogP contribution >= 0.6 is 0 Å². The van der Waals surface area contributed by atoms with Crippen LogP contribution in [0.1, 0.15) is 52.0 Å². The number of ether oxygens (including phenoxy) is 3. The average molecular weight is 378 g/mol. The number of rotatable bonds is 8. The van der Waals surface area contributed by atoms with Crippen molar-refractivity contribution in [3.63, 3.8) is 0 Å². The fourth-order valence-electron chi connectivity index (χ4n) is 3.34. The fraction of sp³-hybridized carbons (Fsp3) is 0.682. The van der Waals surface area contributed by atoms with Gasteiger partial charge in [-0.2, -0.15) is 0 Å². The molecule has 0 spiro atoms. The van der Waals surface area contributed by atoms with Gasteiger partial charge in [0.05, 0.1) is 6.10 Å². The second kappa shape index (κ2) is 11.4. The molecular formula is C22H35NO4. The van der Waals surface area contributed by atoms with Crippen LogP contribution in [0.2, 0.25) is 0 Å². The van der Waals surface area contributed by atoms with Crippen molar-refractivity contribution in [1.29, 1.82) is 0 Å². The van der Waals surface area contributed by atoms with Gasteiger partial charge >= 0.3 is 5.97 Å². The van der Waals surface area contributed by atoms with E-state index >= 15 is 0 Å². The smallest absolute Gasteiger partial charge is 0.323 e. The molecule has 5 nitrogen and oxygen atoms in total. The van der Waals surface area contributed by atoms with Crippen molar-refractivity contribution in [3.05, 3.63) is 35.9 Å². The molecule has 1 aromatic carbocycles. The van der Waals surface area contributed by atoms with E-state index in [0.717, 1.165) is 25.7 Å². The minimum absolute atomic E-state index is 0.0859. The number of hydrogen-bond donors (Lipinski definition) is 1. The Morgan fingerprint density at radius 1 is 1.19 bits per heavy atom. The zero-order valence-electron chi connectivity index (χ0n) is 16.9. The van der Waals surface area contributed by atoms with E-state index in [1.165, 1.54) is 5.56 Å². The molecule has 0 aliphatic carbocycles. The summed E-state index contributed by atoms with van der Waals surface area (Å²) in [4.78, 5) is 12.1. The van der Waals surface area contributed by atoms with Gasteiger partial charge in [-0.05, 0) is 50.5 Å². The third kappa shape index (κ3) is 7.60. The number of esters is 1. The summed E-state index contributed by atoms with van der Waals surface area (Å²) in [6, 6.07) is 9.81. The van der Waals surface area contributed by atoms with Crippen LogP contribution < -0.4 is 5.73 Å². The van der Waals surface area contributed by atoms with Gasteiger partial charge in [0.1, 0.15) is 18.2 Å². The highest BCUT2D eigenvalue weighted by Gasteiger charge is 2.34. The van der Waals surface area contributed by atoms with Crippen molar-refractivity contribution >= 4 is 5.97 Å². The van der Waals surface area contributed by atoms with Crippen molar-refractivity contribution < 1.29 is 19.0 Å².